The number of carbonyl (C=O) groups is 5. The van der Waals surface area contributed by atoms with E-state index in [4.69, 9.17) is 5.21 Å². The average molecular weight is 435 g/mol. The van der Waals surface area contributed by atoms with Gasteiger partial charge in [-0.15, -0.1) is 0 Å². The van der Waals surface area contributed by atoms with Crippen LogP contribution < -0.4 is 10.5 Å². The van der Waals surface area contributed by atoms with Crippen LogP contribution in [0.25, 0.3) is 10.2 Å². The van der Waals surface area contributed by atoms with Gasteiger partial charge in [-0.25, -0.2) is 15.0 Å². The number of amides is 1. The molecule has 12 heteroatoms. The molecule has 0 fully saturated rings. The van der Waals surface area contributed by atoms with Crippen LogP contribution in [0.4, 0.5) is 10.8 Å². The molecule has 1 amide bonds. The first-order valence-electron chi connectivity index (χ1n) is 8.35. The first-order valence-corrected chi connectivity index (χ1v) is 9.16. The number of nitrogens with zero attached hydrogens (tertiary/aromatic N) is 1. The highest BCUT2D eigenvalue weighted by molar-refractivity contribution is 7.22. The number of rotatable bonds is 8. The number of aromatic nitrogens is 1. The molecule has 0 saturated heterocycles. The number of ether oxygens (including phenoxy) is 1. The van der Waals surface area contributed by atoms with Crippen LogP contribution in [-0.4, -0.2) is 46.5 Å². The van der Waals surface area contributed by atoms with Crippen molar-refractivity contribution in [3.05, 3.63) is 35.1 Å². The fraction of sp³-hybridized carbons (Fsp3) is 0.222. The minimum Gasteiger partial charge on any atom is -0.595 e. The second-order valence-electron chi connectivity index (χ2n) is 6.24. The van der Waals surface area contributed by atoms with Crippen molar-refractivity contribution < 1.29 is 39.1 Å². The Morgan fingerprint density at radius 2 is 1.90 bits per heavy atom. The van der Waals surface area contributed by atoms with Crippen LogP contribution in [-0.2, 0) is 28.7 Å². The van der Waals surface area contributed by atoms with Gasteiger partial charge in [-0.05, 0) is 26.0 Å². The number of ketones is 3. The van der Waals surface area contributed by atoms with E-state index in [2.05, 4.69) is 15.0 Å². The van der Waals surface area contributed by atoms with Gasteiger partial charge in [-0.1, -0.05) is 16.9 Å². The summed E-state index contributed by atoms with van der Waals surface area (Å²) in [6, 6.07) is 4.09. The second-order valence-corrected chi connectivity index (χ2v) is 7.27. The van der Waals surface area contributed by atoms with E-state index in [1.165, 1.54) is 32.0 Å². The van der Waals surface area contributed by atoms with Gasteiger partial charge in [-0.3, -0.25) is 24.5 Å². The number of hydrogen-bond acceptors (Lipinski definition) is 10. The van der Waals surface area contributed by atoms with Crippen LogP contribution in [0.5, 0.6) is 0 Å². The third-order valence-electron chi connectivity index (χ3n) is 3.71. The van der Waals surface area contributed by atoms with Crippen LogP contribution >= 0.6 is 11.3 Å². The molecule has 3 N–H and O–H groups in total. The van der Waals surface area contributed by atoms with Gasteiger partial charge in [0.2, 0.25) is 5.78 Å². The Balaban J connectivity index is 2.30. The largest absolute Gasteiger partial charge is 0.595 e. The molecule has 1 heterocycles. The topological polar surface area (TPSA) is 167 Å². The predicted octanol–water partition coefficient (Wildman–Crippen LogP) is 0.101. The lowest BCUT2D eigenvalue weighted by atomic mass is 9.92. The number of anilines is 1. The van der Waals surface area contributed by atoms with Crippen molar-refractivity contribution in [1.82, 2.24) is 4.98 Å². The first kappa shape index (κ1) is 23.0. The summed E-state index contributed by atoms with van der Waals surface area (Å²) < 4.78 is 4.69. The predicted molar refractivity (Wildman–Crippen MR) is 104 cm³/mol. The number of esters is 1. The van der Waals surface area contributed by atoms with E-state index in [9.17, 15) is 29.2 Å². The van der Waals surface area contributed by atoms with Crippen LogP contribution in [0.1, 0.15) is 13.8 Å². The molecule has 11 nitrogen and oxygen atoms in total. The van der Waals surface area contributed by atoms with Crippen molar-refractivity contribution in [1.29, 1.82) is 0 Å². The number of allylic oxidation sites excluding steroid dienone is 2. The monoisotopic (exact) mass is 435 g/mol. The lowest BCUT2D eigenvalue weighted by molar-refractivity contribution is -0.991. The van der Waals surface area contributed by atoms with Crippen molar-refractivity contribution in [3.63, 3.8) is 0 Å². The number of methoxy groups -OCH3 is 1. The highest BCUT2D eigenvalue weighted by Crippen LogP contribution is 2.27. The van der Waals surface area contributed by atoms with Crippen molar-refractivity contribution in [3.8, 4) is 0 Å². The van der Waals surface area contributed by atoms with Crippen molar-refractivity contribution >= 4 is 61.6 Å². The number of thiazole rings is 1. The van der Waals surface area contributed by atoms with Crippen LogP contribution in [0.3, 0.4) is 0 Å². The zero-order chi connectivity index (χ0) is 22.6. The minimum atomic E-state index is -2.18. The maximum atomic E-state index is 12.5. The highest BCUT2D eigenvalue weighted by Gasteiger charge is 2.40. The van der Waals surface area contributed by atoms with Crippen LogP contribution in [0.15, 0.2) is 29.8 Å². The van der Waals surface area contributed by atoms with Gasteiger partial charge in [-0.2, -0.15) is 5.23 Å². The summed E-state index contributed by atoms with van der Waals surface area (Å²) in [5.74, 6) is -8.88. The number of carbonyl (C=O) groups excluding carboxylic acids is 5. The molecule has 1 aromatic carbocycles. The molecule has 0 aliphatic carbocycles. The van der Waals surface area contributed by atoms with E-state index in [0.29, 0.717) is 15.8 Å². The van der Waals surface area contributed by atoms with Gasteiger partial charge in [0, 0.05) is 12.1 Å². The molecule has 2 unspecified atom stereocenters. The molecular formula is C18H17N3O8S. The second kappa shape index (κ2) is 9.45. The molecule has 0 aliphatic rings. The summed E-state index contributed by atoms with van der Waals surface area (Å²) in [6.07, 6.45) is 0.974. The SMILES string of the molecule is COC(=O)C(=O)C(C(=O)C=C(C)C)C(=O)C(=O)Nc1nc2ccc([NH+]([O-])O)cc2s1. The van der Waals surface area contributed by atoms with Crippen molar-refractivity contribution in [2.75, 3.05) is 12.4 Å². The smallest absolute Gasteiger partial charge is 0.375 e. The number of hydrogen-bond donors (Lipinski definition) is 3. The standard InChI is InChI=1S/C18H17N3O8S/c1-8(2)6-11(22)13(15(24)17(26)29-3)14(23)16(25)20-18-19-10-5-4-9(21(27)28)7-12(10)30-18/h4-7,13,21,27H,1-3H3,(H,19,20,25). The van der Waals surface area contributed by atoms with E-state index >= 15 is 0 Å². The van der Waals surface area contributed by atoms with Crippen LogP contribution in [0, 0.1) is 11.1 Å². The fourth-order valence-corrected chi connectivity index (χ4v) is 3.26. The van der Waals surface area contributed by atoms with Crippen molar-refractivity contribution in [2.24, 2.45) is 5.92 Å². The molecule has 0 spiro atoms. The Kier molecular flexibility index (Phi) is 7.24. The van der Waals surface area contributed by atoms with Gasteiger partial charge in [0.1, 0.15) is 0 Å². The molecule has 1 aromatic heterocycles. The quantitative estimate of drug-likeness (QED) is 0.171. The lowest BCUT2D eigenvalue weighted by Crippen LogP contribution is -2.99. The number of Topliss-reactive ketones (excluding diaryl/α,β-unsaturated/α-hetero) is 2. The molecule has 2 atom stereocenters. The van der Waals surface area contributed by atoms with E-state index in [0.717, 1.165) is 24.5 Å². The first-order chi connectivity index (χ1) is 14.0. The fourth-order valence-electron chi connectivity index (χ4n) is 2.36. The summed E-state index contributed by atoms with van der Waals surface area (Å²) in [5, 5.41) is 21.0. The molecule has 158 valence electrons. The zero-order valence-electron chi connectivity index (χ0n) is 16.0. The van der Waals surface area contributed by atoms with Crippen molar-refractivity contribution in [2.45, 2.75) is 13.8 Å². The Morgan fingerprint density at radius 1 is 1.23 bits per heavy atom. The Labute approximate surface area is 173 Å². The number of quaternary nitrogens is 1. The molecule has 30 heavy (non-hydrogen) atoms. The lowest BCUT2D eigenvalue weighted by Gasteiger charge is -2.10. The van der Waals surface area contributed by atoms with Gasteiger partial charge >= 0.3 is 5.97 Å². The molecular weight excluding hydrogens is 418 g/mol. The molecule has 0 bridgehead atoms. The van der Waals surface area contributed by atoms with Gasteiger partial charge in [0.25, 0.3) is 11.7 Å². The zero-order valence-corrected chi connectivity index (χ0v) is 16.9. The Hall–Kier alpha value is -3.32. The Morgan fingerprint density at radius 3 is 2.47 bits per heavy atom. The third-order valence-corrected chi connectivity index (χ3v) is 4.64. The molecule has 0 saturated carbocycles. The number of nitrogens with one attached hydrogen (secondary N) is 2. The van der Waals surface area contributed by atoms with Gasteiger partial charge < -0.3 is 9.94 Å². The average Bonchev–Trinajstić information content (AvgIpc) is 3.07. The van der Waals surface area contributed by atoms with Gasteiger partial charge in [0.05, 0.1) is 17.3 Å². The van der Waals surface area contributed by atoms with E-state index < -0.39 is 40.4 Å². The van der Waals surface area contributed by atoms with E-state index in [1.807, 2.05) is 0 Å². The third kappa shape index (κ3) is 5.18. The van der Waals surface area contributed by atoms with E-state index in [1.54, 1.807) is 0 Å². The number of benzene rings is 1. The molecule has 0 aliphatic heterocycles. The van der Waals surface area contributed by atoms with E-state index in [-0.39, 0.29) is 10.8 Å². The summed E-state index contributed by atoms with van der Waals surface area (Å²) >= 11 is 0.893. The summed E-state index contributed by atoms with van der Waals surface area (Å²) in [5.41, 5.74) is 0.836. The maximum Gasteiger partial charge on any atom is 0.375 e. The summed E-state index contributed by atoms with van der Waals surface area (Å²) in [4.78, 5) is 64.9. The normalized spacial score (nSPS) is 12.6. The number of fused-ring (bicyclic) bond motifs is 1. The highest BCUT2D eigenvalue weighted by atomic mass is 32.1. The summed E-state index contributed by atoms with van der Waals surface area (Å²) in [7, 11) is 0.903. The molecule has 2 rings (SSSR count). The molecule has 0 radical (unpaired) electrons. The van der Waals surface area contributed by atoms with Crippen LogP contribution in [0.2, 0.25) is 0 Å². The summed E-state index contributed by atoms with van der Waals surface area (Å²) in [6.45, 7) is 3.07. The Bertz CT molecular complexity index is 1070. The van der Waals surface area contributed by atoms with Gasteiger partial charge in [0.15, 0.2) is 22.5 Å². The minimum absolute atomic E-state index is 0.0103. The maximum absolute atomic E-state index is 12.5. The molecule has 2 aromatic rings.